The summed E-state index contributed by atoms with van der Waals surface area (Å²) in [6.07, 6.45) is 32.4. The van der Waals surface area contributed by atoms with Crippen LogP contribution in [0.2, 0.25) is 0 Å². The molecule has 0 spiro atoms. The standard InChI is InChI=1S/C25H38O2/c1-5-6-7-8-9-10-11-12-13-14-15-16-17-18-19-20-21-24(27-4)22-25(2,3)23-26/h6-7,9-10,12-13,15-16,18-21,23-24H,5,8,11,14,17,22H2,1-4H3/b7-6-,10-9-,13-12-,16-15-,19-18+,21-20+. The Bertz CT molecular complexity index is 531. The Kier molecular flexibility index (Phi) is 16.2. The lowest BCUT2D eigenvalue weighted by molar-refractivity contribution is -0.116. The number of hydrogen-bond acceptors (Lipinski definition) is 2. The largest absolute Gasteiger partial charge is 0.377 e. The van der Waals surface area contributed by atoms with Crippen LogP contribution in [0.3, 0.4) is 0 Å². The van der Waals surface area contributed by atoms with Crippen molar-refractivity contribution >= 4 is 6.29 Å². The van der Waals surface area contributed by atoms with E-state index in [0.29, 0.717) is 6.42 Å². The van der Waals surface area contributed by atoms with Gasteiger partial charge in [0.1, 0.15) is 6.29 Å². The highest BCUT2D eigenvalue weighted by atomic mass is 16.5. The van der Waals surface area contributed by atoms with Gasteiger partial charge in [0.2, 0.25) is 0 Å². The second-order valence-corrected chi connectivity index (χ2v) is 7.13. The number of carbonyl (C=O) groups is 1. The minimum absolute atomic E-state index is 0.0350. The number of rotatable bonds is 15. The molecule has 0 aromatic rings. The van der Waals surface area contributed by atoms with Gasteiger partial charge in [0.05, 0.1) is 6.10 Å². The van der Waals surface area contributed by atoms with Gasteiger partial charge in [0.25, 0.3) is 0 Å². The van der Waals surface area contributed by atoms with E-state index in [2.05, 4.69) is 61.6 Å². The first-order valence-corrected chi connectivity index (χ1v) is 9.98. The van der Waals surface area contributed by atoms with Gasteiger partial charge in [-0.3, -0.25) is 0 Å². The smallest absolute Gasteiger partial charge is 0.125 e. The van der Waals surface area contributed by atoms with Crippen LogP contribution >= 0.6 is 0 Å². The van der Waals surface area contributed by atoms with Gasteiger partial charge in [-0.1, -0.05) is 93.7 Å². The van der Waals surface area contributed by atoms with Crippen LogP contribution in [0.5, 0.6) is 0 Å². The number of aldehydes is 1. The third-order valence-electron chi connectivity index (χ3n) is 3.91. The molecule has 0 rings (SSSR count). The summed E-state index contributed by atoms with van der Waals surface area (Å²) >= 11 is 0. The van der Waals surface area contributed by atoms with Crippen LogP contribution in [-0.4, -0.2) is 19.5 Å². The number of ether oxygens (including phenoxy) is 1. The van der Waals surface area contributed by atoms with E-state index < -0.39 is 0 Å². The molecule has 0 aliphatic rings. The lowest BCUT2D eigenvalue weighted by Gasteiger charge is -2.21. The van der Waals surface area contributed by atoms with Crippen LogP contribution in [0.15, 0.2) is 72.9 Å². The van der Waals surface area contributed by atoms with Crippen LogP contribution in [0.4, 0.5) is 0 Å². The van der Waals surface area contributed by atoms with Crippen molar-refractivity contribution in [2.24, 2.45) is 5.41 Å². The van der Waals surface area contributed by atoms with Gasteiger partial charge in [-0.25, -0.2) is 0 Å². The van der Waals surface area contributed by atoms with Crippen molar-refractivity contribution in [3.8, 4) is 0 Å². The fraction of sp³-hybridized carbons (Fsp3) is 0.480. The van der Waals surface area contributed by atoms with Crippen molar-refractivity contribution in [1.82, 2.24) is 0 Å². The molecule has 0 amide bonds. The monoisotopic (exact) mass is 370 g/mol. The van der Waals surface area contributed by atoms with Crippen molar-refractivity contribution in [1.29, 1.82) is 0 Å². The summed E-state index contributed by atoms with van der Waals surface area (Å²) in [6, 6.07) is 0. The highest BCUT2D eigenvalue weighted by molar-refractivity contribution is 5.57. The Hall–Kier alpha value is -1.93. The van der Waals surface area contributed by atoms with E-state index in [-0.39, 0.29) is 11.5 Å². The Morgan fingerprint density at radius 3 is 1.70 bits per heavy atom. The number of carbonyl (C=O) groups excluding carboxylic acids is 1. The highest BCUT2D eigenvalue weighted by Crippen LogP contribution is 2.21. The maximum atomic E-state index is 11.0. The second-order valence-electron chi connectivity index (χ2n) is 7.13. The van der Waals surface area contributed by atoms with Crippen LogP contribution < -0.4 is 0 Å². The van der Waals surface area contributed by atoms with Gasteiger partial charge in [0, 0.05) is 12.5 Å². The minimum Gasteiger partial charge on any atom is -0.377 e. The fourth-order valence-corrected chi connectivity index (χ4v) is 2.30. The molecule has 1 atom stereocenters. The Balaban J connectivity index is 3.90. The first-order valence-electron chi connectivity index (χ1n) is 9.98. The van der Waals surface area contributed by atoms with Crippen LogP contribution in [0, 0.1) is 5.41 Å². The molecular formula is C25H38O2. The maximum Gasteiger partial charge on any atom is 0.125 e. The van der Waals surface area contributed by atoms with Gasteiger partial charge in [-0.2, -0.15) is 0 Å². The summed E-state index contributed by atoms with van der Waals surface area (Å²) in [5.74, 6) is 0. The van der Waals surface area contributed by atoms with Crippen LogP contribution in [-0.2, 0) is 9.53 Å². The fourth-order valence-electron chi connectivity index (χ4n) is 2.30. The van der Waals surface area contributed by atoms with E-state index in [1.807, 2.05) is 32.1 Å². The van der Waals surface area contributed by atoms with Gasteiger partial charge >= 0.3 is 0 Å². The molecule has 0 aromatic heterocycles. The molecule has 0 radical (unpaired) electrons. The van der Waals surface area contributed by atoms with Crippen molar-refractivity contribution in [2.75, 3.05) is 7.11 Å². The summed E-state index contributed by atoms with van der Waals surface area (Å²) in [5.41, 5.74) is -0.354. The SMILES string of the molecule is CC/C=C\C/C=C\C/C=C\C/C=C\C/C=C/C=C/C(CC(C)(C)C=O)OC. The van der Waals surface area contributed by atoms with Gasteiger partial charge < -0.3 is 9.53 Å². The average molecular weight is 371 g/mol. The zero-order valence-corrected chi connectivity index (χ0v) is 17.6. The molecule has 0 N–H and O–H groups in total. The molecule has 1 unspecified atom stereocenters. The van der Waals surface area contributed by atoms with E-state index >= 15 is 0 Å². The van der Waals surface area contributed by atoms with E-state index in [0.717, 1.165) is 38.4 Å². The molecule has 0 bridgehead atoms. The molecule has 0 heterocycles. The molecule has 150 valence electrons. The Labute approximate surface area is 167 Å². The number of allylic oxidation sites excluding steroid dienone is 11. The van der Waals surface area contributed by atoms with Crippen molar-refractivity contribution in [3.63, 3.8) is 0 Å². The topological polar surface area (TPSA) is 26.3 Å². The second kappa shape index (κ2) is 17.5. The molecular weight excluding hydrogens is 332 g/mol. The molecule has 2 nitrogen and oxygen atoms in total. The third-order valence-corrected chi connectivity index (χ3v) is 3.91. The minimum atomic E-state index is -0.354. The predicted octanol–water partition coefficient (Wildman–Crippen LogP) is 6.92. The zero-order valence-electron chi connectivity index (χ0n) is 17.6. The summed E-state index contributed by atoms with van der Waals surface area (Å²) in [4.78, 5) is 11.0. The first-order chi connectivity index (χ1) is 13.1. The quantitative estimate of drug-likeness (QED) is 0.177. The van der Waals surface area contributed by atoms with Crippen LogP contribution in [0.25, 0.3) is 0 Å². The van der Waals surface area contributed by atoms with Crippen molar-refractivity contribution < 1.29 is 9.53 Å². The van der Waals surface area contributed by atoms with E-state index in [9.17, 15) is 4.79 Å². The van der Waals surface area contributed by atoms with Gasteiger partial charge in [-0.05, 0) is 38.5 Å². The molecule has 0 saturated heterocycles. The lowest BCUT2D eigenvalue weighted by Crippen LogP contribution is -2.21. The number of methoxy groups -OCH3 is 1. The summed E-state index contributed by atoms with van der Waals surface area (Å²) in [7, 11) is 1.68. The molecule has 0 aromatic carbocycles. The zero-order chi connectivity index (χ0) is 20.2. The third kappa shape index (κ3) is 17.3. The maximum absolute atomic E-state index is 11.0. The Morgan fingerprint density at radius 1 is 0.778 bits per heavy atom. The lowest BCUT2D eigenvalue weighted by atomic mass is 9.88. The van der Waals surface area contributed by atoms with E-state index in [1.54, 1.807) is 7.11 Å². The van der Waals surface area contributed by atoms with E-state index in [1.165, 1.54) is 0 Å². The number of hydrogen-bond donors (Lipinski definition) is 0. The predicted molar refractivity (Wildman–Crippen MR) is 119 cm³/mol. The summed E-state index contributed by atoms with van der Waals surface area (Å²) in [6.45, 7) is 6.00. The molecule has 0 saturated carbocycles. The average Bonchev–Trinajstić information content (AvgIpc) is 2.66. The van der Waals surface area contributed by atoms with Gasteiger partial charge in [-0.15, -0.1) is 0 Å². The molecule has 0 aliphatic heterocycles. The van der Waals surface area contributed by atoms with Crippen LogP contribution in [0.1, 0.15) is 59.3 Å². The molecule has 0 fully saturated rings. The molecule has 27 heavy (non-hydrogen) atoms. The Morgan fingerprint density at radius 2 is 1.26 bits per heavy atom. The molecule has 2 heteroatoms. The van der Waals surface area contributed by atoms with Crippen molar-refractivity contribution in [2.45, 2.75) is 65.4 Å². The van der Waals surface area contributed by atoms with Crippen molar-refractivity contribution in [3.05, 3.63) is 72.9 Å². The van der Waals surface area contributed by atoms with Gasteiger partial charge in [0.15, 0.2) is 0 Å². The van der Waals surface area contributed by atoms with E-state index in [4.69, 9.17) is 4.74 Å². The molecule has 0 aliphatic carbocycles. The first kappa shape index (κ1) is 25.1. The normalized spacial score (nSPS) is 14.8. The summed E-state index contributed by atoms with van der Waals surface area (Å²) < 4.78 is 5.40. The highest BCUT2D eigenvalue weighted by Gasteiger charge is 2.20. The summed E-state index contributed by atoms with van der Waals surface area (Å²) in [5, 5.41) is 0.